The minimum atomic E-state index is -2.53. The summed E-state index contributed by atoms with van der Waals surface area (Å²) in [6, 6.07) is 12.9. The van der Waals surface area contributed by atoms with Crippen molar-refractivity contribution >= 4 is 43.8 Å². The van der Waals surface area contributed by atoms with E-state index >= 15 is 0 Å². The molecule has 3 aromatic rings. The fourth-order valence-corrected chi connectivity index (χ4v) is 20.8. The van der Waals surface area contributed by atoms with Gasteiger partial charge in [-0.25, -0.2) is 0 Å². The van der Waals surface area contributed by atoms with Crippen LogP contribution in [0.5, 0.6) is 0 Å². The maximum absolute atomic E-state index is 13.4. The van der Waals surface area contributed by atoms with Gasteiger partial charge in [0.05, 0.1) is 0 Å². The second kappa shape index (κ2) is 10.1. The number of fused-ring (bicyclic) bond motifs is 2. The molecule has 0 saturated heterocycles. The Morgan fingerprint density at radius 2 is 1.45 bits per heavy atom. The summed E-state index contributed by atoms with van der Waals surface area (Å²) in [4.78, 5) is 16.9. The van der Waals surface area contributed by atoms with Gasteiger partial charge in [0, 0.05) is 0 Å². The number of benzene rings is 2. The van der Waals surface area contributed by atoms with Gasteiger partial charge < -0.3 is 0 Å². The van der Waals surface area contributed by atoms with Gasteiger partial charge in [-0.2, -0.15) is 0 Å². The van der Waals surface area contributed by atoms with Gasteiger partial charge in [-0.15, -0.1) is 0 Å². The van der Waals surface area contributed by atoms with Crippen molar-refractivity contribution in [3.05, 3.63) is 52.2 Å². The van der Waals surface area contributed by atoms with Crippen LogP contribution in [-0.2, 0) is 0 Å². The van der Waals surface area contributed by atoms with Crippen LogP contribution >= 0.6 is 0 Å². The number of aromatic amines is 1. The summed E-state index contributed by atoms with van der Waals surface area (Å²) in [6.07, 6.45) is 7.84. The number of aryl methyl sites for hydroxylation is 1. The molecular formula is C26H37NOSn. The third-order valence-corrected chi connectivity index (χ3v) is 22.3. The zero-order valence-electron chi connectivity index (χ0n) is 18.7. The molecule has 3 rings (SSSR count). The molecule has 0 fully saturated rings. The molecule has 1 heterocycles. The first-order valence-corrected chi connectivity index (χ1v) is 19.1. The number of unbranched alkanes of at least 4 members (excludes halogenated alkanes) is 3. The summed E-state index contributed by atoms with van der Waals surface area (Å²) in [7, 11) is 0. The molecule has 0 atom stereocenters. The molecule has 2 nitrogen and oxygen atoms in total. The van der Waals surface area contributed by atoms with E-state index in [0.717, 1.165) is 27.4 Å². The van der Waals surface area contributed by atoms with Gasteiger partial charge in [0.25, 0.3) is 0 Å². The number of rotatable bonds is 10. The summed E-state index contributed by atoms with van der Waals surface area (Å²) in [5.41, 5.74) is 3.30. The number of hydrogen-bond donors (Lipinski definition) is 1. The number of hydrogen-bond acceptors (Lipinski definition) is 1. The van der Waals surface area contributed by atoms with Crippen molar-refractivity contribution in [2.24, 2.45) is 0 Å². The molecule has 0 bridgehead atoms. The molecule has 0 aliphatic carbocycles. The first kappa shape index (κ1) is 22.4. The molecular weight excluding hydrogens is 461 g/mol. The van der Waals surface area contributed by atoms with E-state index in [1.54, 1.807) is 3.58 Å². The van der Waals surface area contributed by atoms with Gasteiger partial charge in [0.1, 0.15) is 0 Å². The maximum atomic E-state index is 13.4. The normalized spacial score (nSPS) is 12.1. The molecule has 0 radical (unpaired) electrons. The zero-order valence-corrected chi connectivity index (χ0v) is 21.6. The first-order chi connectivity index (χ1) is 14.1. The van der Waals surface area contributed by atoms with E-state index in [4.69, 9.17) is 0 Å². The third kappa shape index (κ3) is 4.73. The molecule has 0 spiro atoms. The van der Waals surface area contributed by atoms with E-state index in [9.17, 15) is 4.79 Å². The summed E-state index contributed by atoms with van der Waals surface area (Å²) in [6.45, 7) is 9.02. The van der Waals surface area contributed by atoms with E-state index in [1.165, 1.54) is 51.8 Å². The molecule has 29 heavy (non-hydrogen) atoms. The molecule has 156 valence electrons. The Kier molecular flexibility index (Phi) is 7.84. The zero-order chi connectivity index (χ0) is 20.9. The Hall–Kier alpha value is -1.29. The van der Waals surface area contributed by atoms with Crippen molar-refractivity contribution < 1.29 is 0 Å². The van der Waals surface area contributed by atoms with Crippen LogP contribution in [0.1, 0.15) is 64.9 Å². The molecule has 0 saturated carbocycles. The molecule has 2 aromatic carbocycles. The summed E-state index contributed by atoms with van der Waals surface area (Å²) in [5, 5.41) is 1.72. The Labute approximate surface area is 180 Å². The molecule has 1 N–H and O–H groups in total. The van der Waals surface area contributed by atoms with E-state index in [-0.39, 0.29) is 5.43 Å². The average Bonchev–Trinajstić information content (AvgIpc) is 2.74. The minimum absolute atomic E-state index is 0.195. The van der Waals surface area contributed by atoms with Crippen LogP contribution in [0.4, 0.5) is 0 Å². The number of para-hydroxylation sites is 1. The van der Waals surface area contributed by atoms with Crippen LogP contribution in [0, 0.1) is 6.92 Å². The van der Waals surface area contributed by atoms with Gasteiger partial charge in [-0.3, -0.25) is 0 Å². The predicted octanol–water partition coefficient (Wildman–Crippen LogP) is 7.05. The predicted molar refractivity (Wildman–Crippen MR) is 131 cm³/mol. The molecule has 1 aromatic heterocycles. The molecule has 0 aliphatic heterocycles. The van der Waals surface area contributed by atoms with Crippen LogP contribution in [-0.4, -0.2) is 23.4 Å². The van der Waals surface area contributed by atoms with Crippen LogP contribution in [0.3, 0.4) is 0 Å². The van der Waals surface area contributed by atoms with Crippen molar-refractivity contribution in [1.29, 1.82) is 0 Å². The van der Waals surface area contributed by atoms with Gasteiger partial charge >= 0.3 is 180 Å². The Morgan fingerprint density at radius 1 is 0.828 bits per heavy atom. The first-order valence-electron chi connectivity index (χ1n) is 11.6. The van der Waals surface area contributed by atoms with Crippen LogP contribution in [0.2, 0.25) is 13.3 Å². The van der Waals surface area contributed by atoms with E-state index in [0.29, 0.717) is 0 Å². The number of H-pyrrole nitrogens is 1. The Bertz CT molecular complexity index is 999. The van der Waals surface area contributed by atoms with Gasteiger partial charge in [0.2, 0.25) is 0 Å². The van der Waals surface area contributed by atoms with Crippen molar-refractivity contribution in [1.82, 2.24) is 4.98 Å². The monoisotopic (exact) mass is 499 g/mol. The van der Waals surface area contributed by atoms with E-state index in [1.807, 2.05) is 12.1 Å². The van der Waals surface area contributed by atoms with Crippen LogP contribution in [0.25, 0.3) is 21.8 Å². The molecule has 0 unspecified atom stereocenters. The second-order valence-electron chi connectivity index (χ2n) is 8.80. The van der Waals surface area contributed by atoms with Crippen molar-refractivity contribution in [2.75, 3.05) is 0 Å². The van der Waals surface area contributed by atoms with Gasteiger partial charge in [-0.05, 0) is 0 Å². The standard InChI is InChI=1S/C14H10NO.3C4H9.Sn/c1-9-5-4-7-11-13(9)15-12-8-3-2-6-10(12)14(11)16;3*1-3-4-2;/h3-8H,1H3,(H,15,16);3*1,3-4H2,2H3;. The molecule has 0 amide bonds. The fraction of sp³-hybridized carbons (Fsp3) is 0.500. The summed E-state index contributed by atoms with van der Waals surface area (Å²) in [5.74, 6) is 0. The number of pyridine rings is 1. The van der Waals surface area contributed by atoms with E-state index in [2.05, 4.69) is 56.9 Å². The topological polar surface area (TPSA) is 32.9 Å². The summed E-state index contributed by atoms with van der Waals surface area (Å²) < 4.78 is 5.88. The fourth-order valence-electron chi connectivity index (χ4n) is 4.83. The van der Waals surface area contributed by atoms with E-state index < -0.39 is 18.4 Å². The van der Waals surface area contributed by atoms with Crippen molar-refractivity contribution in [3.8, 4) is 0 Å². The Balaban J connectivity index is 2.18. The van der Waals surface area contributed by atoms with Crippen LogP contribution < -0.4 is 9.01 Å². The second-order valence-corrected chi connectivity index (χ2v) is 22.0. The molecule has 3 heteroatoms. The third-order valence-electron chi connectivity index (χ3n) is 6.68. The van der Waals surface area contributed by atoms with Crippen LogP contribution in [0.15, 0.2) is 41.2 Å². The number of nitrogens with one attached hydrogen (secondary N) is 1. The van der Waals surface area contributed by atoms with Crippen molar-refractivity contribution in [2.45, 2.75) is 79.5 Å². The molecule has 0 aliphatic rings. The number of aromatic nitrogens is 1. The average molecular weight is 498 g/mol. The summed E-state index contributed by atoms with van der Waals surface area (Å²) >= 11 is -2.53. The van der Waals surface area contributed by atoms with Crippen molar-refractivity contribution in [3.63, 3.8) is 0 Å². The quantitative estimate of drug-likeness (QED) is 0.236. The Morgan fingerprint density at radius 3 is 2.03 bits per heavy atom. The van der Waals surface area contributed by atoms with Gasteiger partial charge in [-0.1, -0.05) is 0 Å². The van der Waals surface area contributed by atoms with Gasteiger partial charge in [0.15, 0.2) is 0 Å². The SMILES string of the molecule is CCC[CH2][Sn]([CH2]CCC)([CH2]CCC)[c]1ccc2[nH]c3c(C)cccc3c(=O)c2c1.